The number of hydrogen-bond donors (Lipinski definition) is 1. The molecule has 0 aliphatic carbocycles. The first-order valence-corrected chi connectivity index (χ1v) is 5.73. The second-order valence-corrected chi connectivity index (χ2v) is 4.14. The Bertz CT molecular complexity index is 500. The van der Waals surface area contributed by atoms with Crippen molar-refractivity contribution in [2.45, 2.75) is 0 Å². The molecule has 1 rings (SSSR count). The van der Waals surface area contributed by atoms with E-state index >= 15 is 0 Å². The van der Waals surface area contributed by atoms with Crippen molar-refractivity contribution in [3.05, 3.63) is 52.5 Å². The standard InChI is InChI=1S/C13H11BrN2O/c1-2-6-16-13(17)11(9-15)7-10-4-3-5-12(14)8-10/h2-5,7-8H,1,6H2,(H,16,17)/b11-7+. The van der Waals surface area contributed by atoms with Crippen LogP contribution in [-0.4, -0.2) is 12.5 Å². The van der Waals surface area contributed by atoms with Gasteiger partial charge in [-0.25, -0.2) is 0 Å². The average molecular weight is 291 g/mol. The van der Waals surface area contributed by atoms with Crippen LogP contribution in [0.1, 0.15) is 5.56 Å². The molecule has 0 bridgehead atoms. The number of amides is 1. The van der Waals surface area contributed by atoms with Gasteiger partial charge >= 0.3 is 0 Å². The third kappa shape index (κ3) is 4.25. The fraction of sp³-hybridized carbons (Fsp3) is 0.0769. The maximum absolute atomic E-state index is 11.6. The number of carbonyl (C=O) groups is 1. The Morgan fingerprint density at radius 2 is 2.35 bits per heavy atom. The topological polar surface area (TPSA) is 52.9 Å². The van der Waals surface area contributed by atoms with Crippen molar-refractivity contribution in [2.75, 3.05) is 6.54 Å². The molecule has 0 spiro atoms. The molecule has 1 aromatic rings. The van der Waals surface area contributed by atoms with Crippen LogP contribution >= 0.6 is 15.9 Å². The summed E-state index contributed by atoms with van der Waals surface area (Å²) in [6.07, 6.45) is 3.11. The van der Waals surface area contributed by atoms with Crippen LogP contribution in [0.15, 0.2) is 47.0 Å². The quantitative estimate of drug-likeness (QED) is 0.527. The maximum atomic E-state index is 11.6. The first-order valence-electron chi connectivity index (χ1n) is 4.94. The van der Waals surface area contributed by atoms with Crippen molar-refractivity contribution in [1.82, 2.24) is 5.32 Å². The molecular formula is C13H11BrN2O. The highest BCUT2D eigenvalue weighted by Crippen LogP contribution is 2.14. The molecule has 86 valence electrons. The van der Waals surface area contributed by atoms with Gasteiger partial charge in [0.15, 0.2) is 0 Å². The number of rotatable bonds is 4. The fourth-order valence-electron chi connectivity index (χ4n) is 1.17. The Balaban J connectivity index is 2.91. The summed E-state index contributed by atoms with van der Waals surface area (Å²) in [5, 5.41) is 11.5. The normalized spacial score (nSPS) is 10.5. The third-order valence-corrected chi connectivity index (χ3v) is 2.42. The molecule has 0 saturated heterocycles. The molecule has 0 atom stereocenters. The molecule has 0 saturated carbocycles. The minimum Gasteiger partial charge on any atom is -0.348 e. The Morgan fingerprint density at radius 3 is 2.94 bits per heavy atom. The van der Waals surface area contributed by atoms with Gasteiger partial charge in [-0.3, -0.25) is 4.79 Å². The maximum Gasteiger partial charge on any atom is 0.262 e. The van der Waals surface area contributed by atoms with E-state index in [4.69, 9.17) is 5.26 Å². The molecule has 17 heavy (non-hydrogen) atoms. The van der Waals surface area contributed by atoms with Crippen molar-refractivity contribution in [3.8, 4) is 6.07 Å². The van der Waals surface area contributed by atoms with E-state index < -0.39 is 5.91 Å². The number of nitrogens with zero attached hydrogens (tertiary/aromatic N) is 1. The molecule has 0 fully saturated rings. The van der Waals surface area contributed by atoms with Gasteiger partial charge in [-0.15, -0.1) is 6.58 Å². The molecule has 0 aliphatic heterocycles. The zero-order valence-electron chi connectivity index (χ0n) is 9.11. The van der Waals surface area contributed by atoms with E-state index in [0.717, 1.165) is 10.0 Å². The lowest BCUT2D eigenvalue weighted by molar-refractivity contribution is -0.116. The number of halogens is 1. The van der Waals surface area contributed by atoms with Crippen molar-refractivity contribution in [3.63, 3.8) is 0 Å². The summed E-state index contributed by atoms with van der Waals surface area (Å²) >= 11 is 3.33. The minimum atomic E-state index is -0.396. The molecule has 3 nitrogen and oxygen atoms in total. The van der Waals surface area contributed by atoms with Crippen LogP contribution in [0.3, 0.4) is 0 Å². The molecule has 4 heteroatoms. The predicted molar refractivity (Wildman–Crippen MR) is 70.9 cm³/mol. The van der Waals surface area contributed by atoms with Crippen LogP contribution in [-0.2, 0) is 4.79 Å². The van der Waals surface area contributed by atoms with E-state index in [2.05, 4.69) is 27.8 Å². The van der Waals surface area contributed by atoms with Crippen molar-refractivity contribution in [2.24, 2.45) is 0 Å². The summed E-state index contributed by atoms with van der Waals surface area (Å²) in [7, 11) is 0. The van der Waals surface area contributed by atoms with E-state index in [1.54, 1.807) is 12.2 Å². The molecule has 1 N–H and O–H groups in total. The van der Waals surface area contributed by atoms with Gasteiger partial charge in [0.25, 0.3) is 5.91 Å². The van der Waals surface area contributed by atoms with Crippen molar-refractivity contribution in [1.29, 1.82) is 5.26 Å². The lowest BCUT2D eigenvalue weighted by atomic mass is 10.1. The first kappa shape index (κ1) is 13.2. The molecule has 0 aromatic heterocycles. The molecule has 0 unspecified atom stereocenters. The Morgan fingerprint density at radius 1 is 1.59 bits per heavy atom. The summed E-state index contributed by atoms with van der Waals surface area (Å²) in [6, 6.07) is 9.25. The van der Waals surface area contributed by atoms with Gasteiger partial charge in [0, 0.05) is 11.0 Å². The molecule has 0 radical (unpaired) electrons. The minimum absolute atomic E-state index is 0.0740. The second kappa shape index (κ2) is 6.66. The van der Waals surface area contributed by atoms with Crippen LogP contribution in [0.5, 0.6) is 0 Å². The number of nitrogens with one attached hydrogen (secondary N) is 1. The van der Waals surface area contributed by atoms with Crippen LogP contribution < -0.4 is 5.32 Å². The van der Waals surface area contributed by atoms with Gasteiger partial charge in [0.2, 0.25) is 0 Å². The van der Waals surface area contributed by atoms with E-state index in [-0.39, 0.29) is 5.57 Å². The lowest BCUT2D eigenvalue weighted by Crippen LogP contribution is -2.24. The van der Waals surface area contributed by atoms with Crippen molar-refractivity contribution >= 4 is 27.9 Å². The Labute approximate surface area is 109 Å². The van der Waals surface area contributed by atoms with Gasteiger partial charge in [-0.1, -0.05) is 34.1 Å². The third-order valence-electron chi connectivity index (χ3n) is 1.93. The number of hydrogen-bond acceptors (Lipinski definition) is 2. The largest absolute Gasteiger partial charge is 0.348 e. The zero-order valence-corrected chi connectivity index (χ0v) is 10.7. The predicted octanol–water partition coefficient (Wildman–Crippen LogP) is 2.66. The molecule has 1 aromatic carbocycles. The Kier molecular flexibility index (Phi) is 5.18. The highest BCUT2D eigenvalue weighted by Gasteiger charge is 2.07. The second-order valence-electron chi connectivity index (χ2n) is 3.22. The lowest BCUT2D eigenvalue weighted by Gasteiger charge is -2.00. The zero-order chi connectivity index (χ0) is 12.7. The van der Waals surface area contributed by atoms with Gasteiger partial charge in [0.1, 0.15) is 11.6 Å². The summed E-state index contributed by atoms with van der Waals surface area (Å²) < 4.78 is 0.898. The summed E-state index contributed by atoms with van der Waals surface area (Å²) in [6.45, 7) is 3.83. The monoisotopic (exact) mass is 290 g/mol. The van der Waals surface area contributed by atoms with Crippen LogP contribution in [0.2, 0.25) is 0 Å². The SMILES string of the molecule is C=CCNC(=O)/C(C#N)=C/c1cccc(Br)c1. The number of carbonyl (C=O) groups excluding carboxylic acids is 1. The van der Waals surface area contributed by atoms with Crippen LogP contribution in [0, 0.1) is 11.3 Å². The molecule has 0 aliphatic rings. The summed E-state index contributed by atoms with van der Waals surface area (Å²) in [4.78, 5) is 11.6. The molecular weight excluding hydrogens is 280 g/mol. The van der Waals surface area contributed by atoms with Gasteiger partial charge in [0.05, 0.1) is 0 Å². The van der Waals surface area contributed by atoms with Crippen LogP contribution in [0.25, 0.3) is 6.08 Å². The summed E-state index contributed by atoms with van der Waals surface area (Å²) in [5.41, 5.74) is 0.870. The van der Waals surface area contributed by atoms with Gasteiger partial charge in [-0.05, 0) is 23.8 Å². The van der Waals surface area contributed by atoms with Gasteiger partial charge < -0.3 is 5.32 Å². The Hall–Kier alpha value is -1.86. The van der Waals surface area contributed by atoms with Crippen molar-refractivity contribution < 1.29 is 4.79 Å². The molecule has 1 amide bonds. The summed E-state index contributed by atoms with van der Waals surface area (Å²) in [5.74, 6) is -0.396. The molecule has 0 heterocycles. The smallest absolute Gasteiger partial charge is 0.262 e. The van der Waals surface area contributed by atoms with E-state index in [1.807, 2.05) is 30.3 Å². The van der Waals surface area contributed by atoms with Gasteiger partial charge in [-0.2, -0.15) is 5.26 Å². The van der Waals surface area contributed by atoms with Crippen LogP contribution in [0.4, 0.5) is 0 Å². The van der Waals surface area contributed by atoms with E-state index in [0.29, 0.717) is 6.54 Å². The highest BCUT2D eigenvalue weighted by atomic mass is 79.9. The fourth-order valence-corrected chi connectivity index (χ4v) is 1.59. The van der Waals surface area contributed by atoms with E-state index in [1.165, 1.54) is 0 Å². The highest BCUT2D eigenvalue weighted by molar-refractivity contribution is 9.10. The average Bonchev–Trinajstić information content (AvgIpc) is 2.33. The first-order chi connectivity index (χ1) is 8.17. The number of benzene rings is 1. The van der Waals surface area contributed by atoms with E-state index in [9.17, 15) is 4.79 Å². The number of nitriles is 1.